The zero-order chi connectivity index (χ0) is 35.2. The third kappa shape index (κ3) is 8.52. The zero-order valence-electron chi connectivity index (χ0n) is 26.2. The molecule has 1 unspecified atom stereocenters. The van der Waals surface area contributed by atoms with E-state index in [1.807, 2.05) is 6.92 Å². The summed E-state index contributed by atoms with van der Waals surface area (Å²) in [5.74, 6) is -1.35. The van der Waals surface area contributed by atoms with Crippen LogP contribution in [0.5, 0.6) is 0 Å². The van der Waals surface area contributed by atoms with Gasteiger partial charge in [0, 0.05) is 12.5 Å². The number of aromatic nitrogens is 4. The number of nitrogens with one attached hydrogen (secondary N) is 1. The van der Waals surface area contributed by atoms with E-state index in [1.54, 1.807) is 0 Å². The number of fused-ring (bicyclic) bond motifs is 1. The lowest BCUT2D eigenvalue weighted by Gasteiger charge is -2.49. The standard InChI is InChI=1S/C31H33F9N6O2.ClH/c1-3-22-24(10-16-4-6-17(7-5-16)11-26(47)48)46(25-15-19(29(32,33)34)8-9-23(25)41-22)27(28-42-44-45(2)43-28)18-12-20(30(35,36)37)14-21(13-18)31(38,39)40;/h8-9,12-17,22,24,27,41H,3-7,10-11H2,1-2H3,(H,47,48);1H/t16?,17?,22-,24-,27?;/m1./s1. The fourth-order valence-corrected chi connectivity index (χ4v) is 6.93. The van der Waals surface area contributed by atoms with Gasteiger partial charge in [-0.05, 0) is 84.7 Å². The van der Waals surface area contributed by atoms with Crippen molar-refractivity contribution in [3.05, 3.63) is 64.5 Å². The molecule has 2 heterocycles. The molecule has 0 bridgehead atoms. The Hall–Kier alpha value is -3.76. The number of carbonyl (C=O) groups is 1. The van der Waals surface area contributed by atoms with Gasteiger partial charge in [0.25, 0.3) is 0 Å². The number of benzene rings is 2. The quantitative estimate of drug-likeness (QED) is 0.225. The molecule has 49 heavy (non-hydrogen) atoms. The van der Waals surface area contributed by atoms with E-state index in [0.29, 0.717) is 50.7 Å². The molecule has 2 aromatic carbocycles. The Bertz CT molecular complexity index is 1590. The third-order valence-corrected chi connectivity index (χ3v) is 9.18. The largest absolute Gasteiger partial charge is 0.481 e. The summed E-state index contributed by atoms with van der Waals surface area (Å²) >= 11 is 0. The number of carboxylic acids is 1. The van der Waals surface area contributed by atoms with Crippen molar-refractivity contribution in [2.45, 2.75) is 88.5 Å². The van der Waals surface area contributed by atoms with Gasteiger partial charge in [0.1, 0.15) is 6.04 Å². The molecule has 2 aliphatic rings. The van der Waals surface area contributed by atoms with Gasteiger partial charge in [-0.25, -0.2) is 0 Å². The van der Waals surface area contributed by atoms with Crippen LogP contribution in [-0.4, -0.2) is 43.4 Å². The summed E-state index contributed by atoms with van der Waals surface area (Å²) in [6, 6.07) is 1.06. The average Bonchev–Trinajstić information content (AvgIpc) is 3.42. The summed E-state index contributed by atoms with van der Waals surface area (Å²) in [6.45, 7) is 1.81. The molecule has 0 spiro atoms. The van der Waals surface area contributed by atoms with Gasteiger partial charge >= 0.3 is 24.5 Å². The van der Waals surface area contributed by atoms with Gasteiger partial charge in [0.15, 0.2) is 0 Å². The molecule has 8 nitrogen and oxygen atoms in total. The second-order valence-corrected chi connectivity index (χ2v) is 12.5. The summed E-state index contributed by atoms with van der Waals surface area (Å²) in [7, 11) is 1.34. The maximum Gasteiger partial charge on any atom is 0.416 e. The first-order valence-corrected chi connectivity index (χ1v) is 15.4. The van der Waals surface area contributed by atoms with Crippen molar-refractivity contribution in [1.82, 2.24) is 20.2 Å². The van der Waals surface area contributed by atoms with Gasteiger partial charge in [-0.3, -0.25) is 4.79 Å². The van der Waals surface area contributed by atoms with E-state index in [4.69, 9.17) is 0 Å². The van der Waals surface area contributed by atoms with Crippen LogP contribution in [0.3, 0.4) is 0 Å². The van der Waals surface area contributed by atoms with Gasteiger partial charge in [-0.15, -0.1) is 22.6 Å². The molecule has 1 fully saturated rings. The lowest BCUT2D eigenvalue weighted by molar-refractivity contribution is -0.143. The predicted molar refractivity (Wildman–Crippen MR) is 162 cm³/mol. The van der Waals surface area contributed by atoms with Crippen molar-refractivity contribution in [3.63, 3.8) is 0 Å². The Kier molecular flexibility index (Phi) is 11.1. The summed E-state index contributed by atoms with van der Waals surface area (Å²) in [5.41, 5.74) is -4.68. The minimum absolute atomic E-state index is 0. The fraction of sp³-hybridized carbons (Fsp3) is 0.548. The Morgan fingerprint density at radius 3 is 1.96 bits per heavy atom. The number of anilines is 2. The highest BCUT2D eigenvalue weighted by molar-refractivity contribution is 5.85. The predicted octanol–water partition coefficient (Wildman–Crippen LogP) is 8.53. The third-order valence-electron chi connectivity index (χ3n) is 9.18. The van der Waals surface area contributed by atoms with Gasteiger partial charge in [-0.1, -0.05) is 19.8 Å². The number of aryl methyl sites for hydroxylation is 1. The molecule has 1 aliphatic heterocycles. The Morgan fingerprint density at radius 1 is 0.898 bits per heavy atom. The number of carboxylic acid groups (broad SMARTS) is 1. The lowest BCUT2D eigenvalue weighted by Crippen LogP contribution is -2.53. The van der Waals surface area contributed by atoms with Crippen LogP contribution in [-0.2, 0) is 30.4 Å². The van der Waals surface area contributed by atoms with E-state index in [0.717, 1.165) is 16.9 Å². The van der Waals surface area contributed by atoms with E-state index in [9.17, 15) is 49.4 Å². The molecule has 2 N–H and O–H groups in total. The topological polar surface area (TPSA) is 96.2 Å². The number of rotatable bonds is 8. The molecule has 0 saturated heterocycles. The summed E-state index contributed by atoms with van der Waals surface area (Å²) in [6.07, 6.45) is -12.2. The maximum absolute atomic E-state index is 14.1. The molecule has 1 aromatic heterocycles. The lowest BCUT2D eigenvalue weighted by atomic mass is 9.76. The maximum atomic E-state index is 14.1. The van der Waals surface area contributed by atoms with E-state index in [2.05, 4.69) is 20.7 Å². The molecular formula is C31H34ClF9N6O2. The fourth-order valence-electron chi connectivity index (χ4n) is 6.93. The van der Waals surface area contributed by atoms with Crippen LogP contribution in [0.2, 0.25) is 0 Å². The van der Waals surface area contributed by atoms with Crippen LogP contribution >= 0.6 is 12.4 Å². The number of tetrazole rings is 1. The van der Waals surface area contributed by atoms with Gasteiger partial charge in [0.2, 0.25) is 5.82 Å². The Labute approximate surface area is 281 Å². The number of hydrogen-bond donors (Lipinski definition) is 2. The molecule has 3 aromatic rings. The molecule has 18 heteroatoms. The van der Waals surface area contributed by atoms with Gasteiger partial charge in [0.05, 0.1) is 41.2 Å². The summed E-state index contributed by atoms with van der Waals surface area (Å²) in [4.78, 5) is 13.7. The van der Waals surface area contributed by atoms with Crippen molar-refractivity contribution >= 4 is 29.8 Å². The number of halogens is 10. The van der Waals surface area contributed by atoms with Gasteiger partial charge < -0.3 is 15.3 Å². The molecule has 5 rings (SSSR count). The molecule has 0 radical (unpaired) electrons. The minimum Gasteiger partial charge on any atom is -0.481 e. The molecular weight excluding hydrogens is 695 g/mol. The smallest absolute Gasteiger partial charge is 0.416 e. The van der Waals surface area contributed by atoms with E-state index in [1.165, 1.54) is 18.0 Å². The van der Waals surface area contributed by atoms with Crippen molar-refractivity contribution in [2.75, 3.05) is 10.2 Å². The van der Waals surface area contributed by atoms with Crippen LogP contribution in [0, 0.1) is 11.8 Å². The minimum atomic E-state index is -5.19. The normalized spacial score (nSPS) is 22.1. The molecule has 0 amide bonds. The first kappa shape index (κ1) is 38.0. The van der Waals surface area contributed by atoms with E-state index in [-0.39, 0.29) is 53.9 Å². The monoisotopic (exact) mass is 728 g/mol. The Balaban J connectivity index is 0.00000541. The highest BCUT2D eigenvalue weighted by atomic mass is 35.5. The number of nitrogens with zero attached hydrogens (tertiary/aromatic N) is 5. The van der Waals surface area contributed by atoms with Gasteiger partial charge in [-0.2, -0.15) is 44.3 Å². The first-order chi connectivity index (χ1) is 22.3. The molecule has 3 atom stereocenters. The van der Waals surface area contributed by atoms with Crippen molar-refractivity contribution in [1.29, 1.82) is 0 Å². The highest BCUT2D eigenvalue weighted by Crippen LogP contribution is 2.48. The molecule has 1 aliphatic carbocycles. The SMILES string of the molecule is CC[C@H]1Nc2ccc(C(F)(F)F)cc2N(C(c2cc(C(F)(F)F)cc(C(F)(F)F)c2)c2nnn(C)n2)[C@@H]1CC1CCC(CC(=O)O)CC1.Cl. The highest BCUT2D eigenvalue weighted by Gasteiger charge is 2.45. The number of hydrogen-bond acceptors (Lipinski definition) is 6. The van der Waals surface area contributed by atoms with Crippen molar-refractivity contribution in [2.24, 2.45) is 18.9 Å². The average molecular weight is 729 g/mol. The van der Waals surface area contributed by atoms with Crippen molar-refractivity contribution in [3.8, 4) is 0 Å². The van der Waals surface area contributed by atoms with E-state index >= 15 is 0 Å². The number of aliphatic carboxylic acids is 1. The second-order valence-electron chi connectivity index (χ2n) is 12.5. The van der Waals surface area contributed by atoms with Crippen LogP contribution in [0.15, 0.2) is 36.4 Å². The summed E-state index contributed by atoms with van der Waals surface area (Å²) < 4.78 is 127. The van der Waals surface area contributed by atoms with Crippen LogP contribution in [0.4, 0.5) is 50.9 Å². The van der Waals surface area contributed by atoms with Crippen LogP contribution in [0.1, 0.15) is 86.0 Å². The van der Waals surface area contributed by atoms with Crippen LogP contribution < -0.4 is 10.2 Å². The van der Waals surface area contributed by atoms with Crippen molar-refractivity contribution < 1.29 is 49.4 Å². The number of alkyl halides is 9. The first-order valence-electron chi connectivity index (χ1n) is 15.4. The molecule has 270 valence electrons. The summed E-state index contributed by atoms with van der Waals surface area (Å²) in [5, 5.41) is 24.4. The van der Waals surface area contributed by atoms with Crippen LogP contribution in [0.25, 0.3) is 0 Å². The second kappa shape index (κ2) is 14.2. The Morgan fingerprint density at radius 2 is 1.47 bits per heavy atom. The molecule has 1 saturated carbocycles. The van der Waals surface area contributed by atoms with E-state index < -0.39 is 64.9 Å². The zero-order valence-corrected chi connectivity index (χ0v) is 27.0.